The number of hydrogen-bond acceptors (Lipinski definition) is 2. The molecule has 1 N–H and O–H groups in total. The standard InChI is InChI=1S/C11H16ClFN2/c1-8(2)10(5-6-12)15-11-4-3-9(13)7-14-11/h3-4,7-8,10H,5-6H2,1-2H3,(H,14,15). The second-order valence-electron chi connectivity index (χ2n) is 3.83. The van der Waals surface area contributed by atoms with E-state index in [2.05, 4.69) is 24.1 Å². The zero-order chi connectivity index (χ0) is 11.3. The summed E-state index contributed by atoms with van der Waals surface area (Å²) in [5.41, 5.74) is 0. The van der Waals surface area contributed by atoms with Crippen LogP contribution in [0.5, 0.6) is 0 Å². The minimum absolute atomic E-state index is 0.278. The SMILES string of the molecule is CC(C)C(CCCl)Nc1ccc(F)cn1. The highest BCUT2D eigenvalue weighted by molar-refractivity contribution is 6.17. The molecule has 0 radical (unpaired) electrons. The normalized spacial score (nSPS) is 12.9. The highest BCUT2D eigenvalue weighted by atomic mass is 35.5. The molecule has 1 heterocycles. The smallest absolute Gasteiger partial charge is 0.141 e. The maximum absolute atomic E-state index is 12.6. The second kappa shape index (κ2) is 5.91. The van der Waals surface area contributed by atoms with Crippen molar-refractivity contribution < 1.29 is 4.39 Å². The molecule has 0 saturated heterocycles. The van der Waals surface area contributed by atoms with Crippen LogP contribution in [0.15, 0.2) is 18.3 Å². The summed E-state index contributed by atoms with van der Waals surface area (Å²) >= 11 is 5.71. The van der Waals surface area contributed by atoms with Gasteiger partial charge in [0.15, 0.2) is 0 Å². The van der Waals surface area contributed by atoms with Crippen molar-refractivity contribution in [2.24, 2.45) is 5.92 Å². The predicted octanol–water partition coefficient (Wildman–Crippen LogP) is 3.29. The number of rotatable bonds is 5. The van der Waals surface area contributed by atoms with Crippen molar-refractivity contribution in [2.75, 3.05) is 11.2 Å². The number of hydrogen-bond donors (Lipinski definition) is 1. The van der Waals surface area contributed by atoms with Crippen LogP contribution in [-0.2, 0) is 0 Å². The third-order valence-electron chi connectivity index (χ3n) is 2.29. The third kappa shape index (κ3) is 4.04. The first-order valence-electron chi connectivity index (χ1n) is 5.07. The van der Waals surface area contributed by atoms with Gasteiger partial charge in [0.05, 0.1) is 6.20 Å². The van der Waals surface area contributed by atoms with Gasteiger partial charge in [-0.3, -0.25) is 0 Å². The van der Waals surface area contributed by atoms with Gasteiger partial charge >= 0.3 is 0 Å². The molecular formula is C11H16ClFN2. The largest absolute Gasteiger partial charge is 0.367 e. The van der Waals surface area contributed by atoms with Crippen LogP contribution >= 0.6 is 11.6 Å². The molecule has 1 aromatic heterocycles. The molecule has 0 aliphatic heterocycles. The van der Waals surface area contributed by atoms with E-state index in [1.165, 1.54) is 12.3 Å². The van der Waals surface area contributed by atoms with Gasteiger partial charge in [-0.2, -0.15) is 0 Å². The highest BCUT2D eigenvalue weighted by Crippen LogP contribution is 2.14. The molecule has 1 unspecified atom stereocenters. The van der Waals surface area contributed by atoms with E-state index in [1.54, 1.807) is 6.07 Å². The number of nitrogens with one attached hydrogen (secondary N) is 1. The van der Waals surface area contributed by atoms with Crippen LogP contribution in [0.4, 0.5) is 10.2 Å². The van der Waals surface area contributed by atoms with E-state index in [1.807, 2.05) is 0 Å². The van der Waals surface area contributed by atoms with Crippen LogP contribution in [0.1, 0.15) is 20.3 Å². The van der Waals surface area contributed by atoms with Crippen LogP contribution < -0.4 is 5.32 Å². The number of aromatic nitrogens is 1. The van der Waals surface area contributed by atoms with Gasteiger partial charge in [0.25, 0.3) is 0 Å². The molecule has 0 spiro atoms. The van der Waals surface area contributed by atoms with Crippen molar-refractivity contribution in [3.8, 4) is 0 Å². The van der Waals surface area contributed by atoms with Gasteiger partial charge in [-0.05, 0) is 24.5 Å². The van der Waals surface area contributed by atoms with Crippen LogP contribution in [0.2, 0.25) is 0 Å². The molecule has 0 aliphatic rings. The Bertz CT molecular complexity index is 287. The van der Waals surface area contributed by atoms with E-state index in [9.17, 15) is 4.39 Å². The molecule has 1 atom stereocenters. The molecule has 0 bridgehead atoms. The molecule has 1 aromatic rings. The van der Waals surface area contributed by atoms with Gasteiger partial charge in [0.2, 0.25) is 0 Å². The summed E-state index contributed by atoms with van der Waals surface area (Å²) in [4.78, 5) is 3.95. The summed E-state index contributed by atoms with van der Waals surface area (Å²) < 4.78 is 12.6. The maximum Gasteiger partial charge on any atom is 0.141 e. The van der Waals surface area contributed by atoms with E-state index in [-0.39, 0.29) is 11.9 Å². The molecule has 0 aromatic carbocycles. The average Bonchev–Trinajstić information content (AvgIpc) is 2.20. The molecule has 0 saturated carbocycles. The fraction of sp³-hybridized carbons (Fsp3) is 0.545. The Kier molecular flexibility index (Phi) is 4.82. The fourth-order valence-corrected chi connectivity index (χ4v) is 1.58. The van der Waals surface area contributed by atoms with Gasteiger partial charge in [-0.25, -0.2) is 9.37 Å². The number of alkyl halides is 1. The van der Waals surface area contributed by atoms with Crippen molar-refractivity contribution in [1.29, 1.82) is 0 Å². The molecule has 0 amide bonds. The maximum atomic E-state index is 12.6. The van der Waals surface area contributed by atoms with Gasteiger partial charge in [-0.15, -0.1) is 11.6 Å². The van der Waals surface area contributed by atoms with Gasteiger partial charge < -0.3 is 5.32 Å². The summed E-state index contributed by atoms with van der Waals surface area (Å²) in [6, 6.07) is 3.31. The van der Waals surface area contributed by atoms with Gasteiger partial charge in [-0.1, -0.05) is 13.8 Å². The van der Waals surface area contributed by atoms with Gasteiger partial charge in [0, 0.05) is 11.9 Å². The summed E-state index contributed by atoms with van der Waals surface area (Å²) in [6.45, 7) is 4.24. The molecule has 15 heavy (non-hydrogen) atoms. The molecule has 4 heteroatoms. The zero-order valence-electron chi connectivity index (χ0n) is 9.00. The average molecular weight is 231 g/mol. The Balaban J connectivity index is 2.61. The summed E-state index contributed by atoms with van der Waals surface area (Å²) in [5.74, 6) is 1.45. The lowest BCUT2D eigenvalue weighted by Gasteiger charge is -2.21. The Hall–Kier alpha value is -0.830. The summed E-state index contributed by atoms with van der Waals surface area (Å²) in [6.07, 6.45) is 2.08. The molecule has 0 aliphatic carbocycles. The molecule has 0 fully saturated rings. The van der Waals surface area contributed by atoms with E-state index in [0.717, 1.165) is 6.42 Å². The zero-order valence-corrected chi connectivity index (χ0v) is 9.76. The van der Waals surface area contributed by atoms with Gasteiger partial charge in [0.1, 0.15) is 11.6 Å². The molecular weight excluding hydrogens is 215 g/mol. The Labute approximate surface area is 94.9 Å². The Morgan fingerprint density at radius 3 is 2.67 bits per heavy atom. The first kappa shape index (κ1) is 12.2. The summed E-state index contributed by atoms with van der Waals surface area (Å²) in [5, 5.41) is 3.24. The predicted molar refractivity (Wildman–Crippen MR) is 61.8 cm³/mol. The number of anilines is 1. The van der Waals surface area contributed by atoms with E-state index in [4.69, 9.17) is 11.6 Å². The molecule has 2 nitrogen and oxygen atoms in total. The van der Waals surface area contributed by atoms with Crippen molar-refractivity contribution in [2.45, 2.75) is 26.3 Å². The molecule has 84 valence electrons. The number of pyridine rings is 1. The monoisotopic (exact) mass is 230 g/mol. The van der Waals surface area contributed by atoms with Crippen molar-refractivity contribution in [3.05, 3.63) is 24.1 Å². The van der Waals surface area contributed by atoms with E-state index in [0.29, 0.717) is 17.6 Å². The lowest BCUT2D eigenvalue weighted by atomic mass is 10.0. The minimum Gasteiger partial charge on any atom is -0.367 e. The van der Waals surface area contributed by atoms with Crippen LogP contribution in [0.3, 0.4) is 0 Å². The first-order valence-corrected chi connectivity index (χ1v) is 5.61. The summed E-state index contributed by atoms with van der Waals surface area (Å²) in [7, 11) is 0. The minimum atomic E-state index is -0.320. The number of nitrogens with zero attached hydrogens (tertiary/aromatic N) is 1. The molecule has 1 rings (SSSR count). The Morgan fingerprint density at radius 1 is 1.47 bits per heavy atom. The van der Waals surface area contributed by atoms with Crippen LogP contribution in [0, 0.1) is 11.7 Å². The van der Waals surface area contributed by atoms with E-state index >= 15 is 0 Å². The lowest BCUT2D eigenvalue weighted by Crippen LogP contribution is -2.26. The second-order valence-corrected chi connectivity index (χ2v) is 4.21. The number of halogens is 2. The fourth-order valence-electron chi connectivity index (χ4n) is 1.34. The quantitative estimate of drug-likeness (QED) is 0.786. The highest BCUT2D eigenvalue weighted by Gasteiger charge is 2.12. The van der Waals surface area contributed by atoms with E-state index < -0.39 is 0 Å². The van der Waals surface area contributed by atoms with Crippen LogP contribution in [0.25, 0.3) is 0 Å². The third-order valence-corrected chi connectivity index (χ3v) is 2.50. The van der Waals surface area contributed by atoms with Crippen molar-refractivity contribution >= 4 is 17.4 Å². The van der Waals surface area contributed by atoms with Crippen LogP contribution in [-0.4, -0.2) is 16.9 Å². The Morgan fingerprint density at radius 2 is 2.20 bits per heavy atom. The topological polar surface area (TPSA) is 24.9 Å². The van der Waals surface area contributed by atoms with Crippen molar-refractivity contribution in [3.63, 3.8) is 0 Å². The first-order chi connectivity index (χ1) is 7.13. The van der Waals surface area contributed by atoms with Crippen molar-refractivity contribution in [1.82, 2.24) is 4.98 Å². The lowest BCUT2D eigenvalue weighted by molar-refractivity contribution is 0.511.